The first-order valence-corrected chi connectivity index (χ1v) is 7.57. The largest absolute Gasteiger partial charge is 0.463 e. The van der Waals surface area contributed by atoms with Crippen molar-refractivity contribution in [2.45, 2.75) is 34.1 Å². The van der Waals surface area contributed by atoms with Gasteiger partial charge in [0.1, 0.15) is 0 Å². The summed E-state index contributed by atoms with van der Waals surface area (Å²) in [7, 11) is -0.556. The number of hydrogen-bond donors (Lipinski definition) is 2. The van der Waals surface area contributed by atoms with Crippen molar-refractivity contribution in [2.75, 3.05) is 27.2 Å². The van der Waals surface area contributed by atoms with Gasteiger partial charge in [-0.1, -0.05) is 19.9 Å². The van der Waals surface area contributed by atoms with Gasteiger partial charge in [0.05, 0.1) is 6.61 Å². The Hall–Kier alpha value is -0.960. The van der Waals surface area contributed by atoms with Gasteiger partial charge in [0.2, 0.25) is 0 Å². The van der Waals surface area contributed by atoms with Gasteiger partial charge in [-0.15, -0.1) is 0 Å². The van der Waals surface area contributed by atoms with Crippen molar-refractivity contribution in [3.63, 3.8) is 0 Å². The first-order valence-electron chi connectivity index (χ1n) is 6.17. The summed E-state index contributed by atoms with van der Waals surface area (Å²) in [5, 5.41) is 0. The van der Waals surface area contributed by atoms with Gasteiger partial charge in [-0.05, 0) is 40.9 Å². The Labute approximate surface area is 122 Å². The van der Waals surface area contributed by atoms with Crippen molar-refractivity contribution >= 4 is 16.4 Å². The van der Waals surface area contributed by atoms with Crippen LogP contribution in [0.1, 0.15) is 34.1 Å². The molecule has 0 saturated carbocycles. The van der Waals surface area contributed by atoms with Gasteiger partial charge in [-0.3, -0.25) is 9.11 Å². The molecule has 122 valence electrons. The van der Waals surface area contributed by atoms with Crippen molar-refractivity contribution in [3.05, 3.63) is 11.6 Å². The van der Waals surface area contributed by atoms with Crippen LogP contribution in [-0.2, 0) is 19.9 Å². The van der Waals surface area contributed by atoms with Gasteiger partial charge in [-0.25, -0.2) is 4.79 Å². The van der Waals surface area contributed by atoms with Gasteiger partial charge in [0.25, 0.3) is 0 Å². The van der Waals surface area contributed by atoms with Crippen LogP contribution in [0.4, 0.5) is 0 Å². The summed E-state index contributed by atoms with van der Waals surface area (Å²) in [6.07, 6.45) is 2.74. The second-order valence-electron chi connectivity index (χ2n) is 3.86. The molecule has 0 aliphatic rings. The minimum absolute atomic E-state index is 0.204. The molecule has 0 aliphatic carbocycles. The first kappa shape index (κ1) is 24.1. The molecule has 0 aromatic heterocycles. The molecule has 0 rings (SSSR count). The zero-order valence-electron chi connectivity index (χ0n) is 13.1. The molecule has 7 nitrogen and oxygen atoms in total. The molecule has 0 atom stereocenters. The van der Waals surface area contributed by atoms with Crippen LogP contribution in [-0.4, -0.2) is 55.6 Å². The lowest BCUT2D eigenvalue weighted by Gasteiger charge is -2.00. The summed E-state index contributed by atoms with van der Waals surface area (Å²) in [4.78, 5) is 13.0. The zero-order valence-corrected chi connectivity index (χ0v) is 13.9. The van der Waals surface area contributed by atoms with Crippen LogP contribution in [0.5, 0.6) is 0 Å². The number of ether oxygens (including phenoxy) is 1. The maximum Gasteiger partial charge on any atom is 0.394 e. The van der Waals surface area contributed by atoms with E-state index in [0.29, 0.717) is 12.2 Å². The van der Waals surface area contributed by atoms with Crippen molar-refractivity contribution < 1.29 is 27.1 Å². The minimum Gasteiger partial charge on any atom is -0.463 e. The third-order valence-corrected chi connectivity index (χ3v) is 1.74. The highest BCUT2D eigenvalue weighted by molar-refractivity contribution is 7.79. The fourth-order valence-electron chi connectivity index (χ4n) is 0.634. The molecular formula is C12H27NO6S. The van der Waals surface area contributed by atoms with Crippen LogP contribution in [0, 0.1) is 0 Å². The number of rotatable bonds is 4. The van der Waals surface area contributed by atoms with E-state index >= 15 is 0 Å². The third kappa shape index (κ3) is 36.0. The van der Waals surface area contributed by atoms with Crippen LogP contribution in [0.3, 0.4) is 0 Å². The van der Waals surface area contributed by atoms with Gasteiger partial charge in [0.15, 0.2) is 0 Å². The number of allylic oxidation sites excluding steroid dienone is 1. The zero-order chi connectivity index (χ0) is 16.8. The molecule has 0 bridgehead atoms. The lowest BCUT2D eigenvalue weighted by molar-refractivity contribution is -0.138. The summed E-state index contributed by atoms with van der Waals surface area (Å²) in [5.74, 6) is -0.204. The Morgan fingerprint density at radius 2 is 1.55 bits per heavy atom. The van der Waals surface area contributed by atoms with Crippen molar-refractivity contribution in [1.82, 2.24) is 4.90 Å². The maximum absolute atomic E-state index is 10.8. The van der Waals surface area contributed by atoms with Crippen molar-refractivity contribution in [2.24, 2.45) is 0 Å². The van der Waals surface area contributed by atoms with Crippen LogP contribution in [0.2, 0.25) is 0 Å². The molecule has 0 heterocycles. The molecule has 0 aromatic rings. The van der Waals surface area contributed by atoms with E-state index < -0.39 is 10.4 Å². The Balaban J connectivity index is -0.000000244. The Morgan fingerprint density at radius 3 is 1.75 bits per heavy atom. The molecule has 0 unspecified atom stereocenters. The highest BCUT2D eigenvalue weighted by Gasteiger charge is 2.01. The molecule has 20 heavy (non-hydrogen) atoms. The van der Waals surface area contributed by atoms with Crippen LogP contribution in [0.15, 0.2) is 11.6 Å². The summed E-state index contributed by atoms with van der Waals surface area (Å²) in [6, 6.07) is 0. The smallest absolute Gasteiger partial charge is 0.394 e. The molecule has 0 saturated heterocycles. The van der Waals surface area contributed by atoms with Crippen molar-refractivity contribution in [1.29, 1.82) is 0 Å². The Morgan fingerprint density at radius 1 is 1.20 bits per heavy atom. The number of carbonyl (C=O) groups is 1. The van der Waals surface area contributed by atoms with Gasteiger partial charge >= 0.3 is 16.4 Å². The highest BCUT2D eigenvalue weighted by Crippen LogP contribution is 1.97. The second-order valence-corrected chi connectivity index (χ2v) is 4.76. The summed E-state index contributed by atoms with van der Waals surface area (Å²) < 4.78 is 36.3. The number of hydrogen-bond acceptors (Lipinski definition) is 5. The molecule has 2 N–H and O–H groups in total. The molecule has 0 aromatic carbocycles. The molecule has 0 aliphatic heterocycles. The summed E-state index contributed by atoms with van der Waals surface area (Å²) in [5.41, 5.74) is 0.698. The van der Waals surface area contributed by atoms with E-state index in [0.717, 1.165) is 13.0 Å². The average molecular weight is 313 g/mol. The minimum atomic E-state index is -4.67. The van der Waals surface area contributed by atoms with E-state index in [9.17, 15) is 4.79 Å². The van der Waals surface area contributed by atoms with Crippen LogP contribution >= 0.6 is 0 Å². The first-order chi connectivity index (χ1) is 8.99. The summed E-state index contributed by atoms with van der Waals surface area (Å²) >= 11 is 0. The number of esters is 1. The van der Waals surface area contributed by atoms with Gasteiger partial charge in [-0.2, -0.15) is 8.42 Å². The molecule has 0 radical (unpaired) electrons. The topological polar surface area (TPSA) is 104 Å². The maximum atomic E-state index is 10.8. The molecule has 8 heteroatoms. The number of nitrogens with zero attached hydrogens (tertiary/aromatic N) is 1. The standard InChI is InChI=1S/C8H14O2.C4H11N.H2O4S/c1-4-6-7(3)8(9)10-5-2;1-4-5(2)3;1-5(2,3)4/h6H,4-5H2,1-3H3;4H2,1-3H3;(H2,1,2,3,4). The fraction of sp³-hybridized carbons (Fsp3) is 0.750. The predicted octanol–water partition coefficient (Wildman–Crippen LogP) is 1.82. The normalized spacial score (nSPS) is 10.9. The fourth-order valence-corrected chi connectivity index (χ4v) is 0.634. The second kappa shape index (κ2) is 14.4. The summed E-state index contributed by atoms with van der Waals surface area (Å²) in [6.45, 7) is 9.27. The number of carbonyl (C=O) groups excluding carboxylic acids is 1. The SMILES string of the molecule is CCC=C(C)C(=O)OCC.CCN(C)C.O=S(=O)(O)O. The Kier molecular flexibility index (Phi) is 17.4. The van der Waals surface area contributed by atoms with E-state index in [2.05, 4.69) is 25.9 Å². The van der Waals surface area contributed by atoms with E-state index in [4.69, 9.17) is 22.3 Å². The monoisotopic (exact) mass is 313 g/mol. The predicted molar refractivity (Wildman–Crippen MR) is 79.1 cm³/mol. The van der Waals surface area contributed by atoms with Crippen molar-refractivity contribution in [3.8, 4) is 0 Å². The third-order valence-electron chi connectivity index (χ3n) is 1.74. The quantitative estimate of drug-likeness (QED) is 0.463. The van der Waals surface area contributed by atoms with Crippen LogP contribution < -0.4 is 0 Å². The average Bonchev–Trinajstić information content (AvgIpc) is 2.28. The molecule has 0 fully saturated rings. The molecule has 0 amide bonds. The van der Waals surface area contributed by atoms with Crippen LogP contribution in [0.25, 0.3) is 0 Å². The van der Waals surface area contributed by atoms with E-state index in [-0.39, 0.29) is 5.97 Å². The molecular weight excluding hydrogens is 286 g/mol. The van der Waals surface area contributed by atoms with Gasteiger partial charge in [0, 0.05) is 5.57 Å². The highest BCUT2D eigenvalue weighted by atomic mass is 32.3. The van der Waals surface area contributed by atoms with E-state index in [1.54, 1.807) is 13.8 Å². The molecule has 0 spiro atoms. The van der Waals surface area contributed by atoms with E-state index in [1.165, 1.54) is 0 Å². The van der Waals surface area contributed by atoms with Gasteiger partial charge < -0.3 is 9.64 Å². The van der Waals surface area contributed by atoms with E-state index in [1.807, 2.05) is 13.0 Å². The lowest BCUT2D eigenvalue weighted by atomic mass is 10.2. The lowest BCUT2D eigenvalue weighted by Crippen LogP contribution is -2.08. The Bertz CT molecular complexity index is 354.